The molecule has 0 amide bonds. The molecule has 3 aromatic rings. The summed E-state index contributed by atoms with van der Waals surface area (Å²) in [5.74, 6) is 0.580. The number of halogens is 1. The molecule has 4 nitrogen and oxygen atoms in total. The van der Waals surface area contributed by atoms with Crippen molar-refractivity contribution in [2.24, 2.45) is 5.10 Å². The van der Waals surface area contributed by atoms with Crippen molar-refractivity contribution in [1.82, 2.24) is 9.99 Å². The Morgan fingerprint density at radius 1 is 1.04 bits per heavy atom. The first-order chi connectivity index (χ1) is 13.3. The van der Waals surface area contributed by atoms with Crippen LogP contribution in [0.25, 0.3) is 0 Å². The number of rotatable bonds is 5. The summed E-state index contributed by atoms with van der Waals surface area (Å²) >= 11 is 0. The maximum atomic E-state index is 14.2. The molecule has 2 heterocycles. The van der Waals surface area contributed by atoms with Crippen LogP contribution >= 0.6 is 0 Å². The van der Waals surface area contributed by atoms with E-state index in [1.165, 1.54) is 6.07 Å². The zero-order chi connectivity index (χ0) is 18.6. The van der Waals surface area contributed by atoms with Crippen LogP contribution in [-0.4, -0.2) is 22.8 Å². The molecule has 1 aromatic heterocycles. The van der Waals surface area contributed by atoms with Crippen LogP contribution < -0.4 is 4.74 Å². The van der Waals surface area contributed by atoms with Gasteiger partial charge in [-0.1, -0.05) is 42.5 Å². The number of nitrogens with zero attached hydrogens (tertiary/aromatic N) is 3. The molecule has 136 valence electrons. The Balaban J connectivity index is 1.72. The summed E-state index contributed by atoms with van der Waals surface area (Å²) < 4.78 is 19.8. The third-order valence-electron chi connectivity index (χ3n) is 4.74. The van der Waals surface area contributed by atoms with E-state index < -0.39 is 0 Å². The van der Waals surface area contributed by atoms with Gasteiger partial charge in [0.2, 0.25) is 0 Å². The Hall–Kier alpha value is -3.21. The molecule has 1 unspecified atom stereocenters. The van der Waals surface area contributed by atoms with Gasteiger partial charge in [-0.25, -0.2) is 4.39 Å². The van der Waals surface area contributed by atoms with Crippen LogP contribution in [0.3, 0.4) is 0 Å². The van der Waals surface area contributed by atoms with E-state index in [-0.39, 0.29) is 11.9 Å². The lowest BCUT2D eigenvalue weighted by Crippen LogP contribution is -2.20. The van der Waals surface area contributed by atoms with Crippen molar-refractivity contribution in [3.8, 4) is 5.75 Å². The largest absolute Gasteiger partial charge is 0.496 e. The molecule has 0 saturated carbocycles. The van der Waals surface area contributed by atoms with Gasteiger partial charge in [0.15, 0.2) is 0 Å². The van der Waals surface area contributed by atoms with Crippen molar-refractivity contribution in [3.05, 3.63) is 95.6 Å². The van der Waals surface area contributed by atoms with E-state index in [4.69, 9.17) is 9.84 Å². The Morgan fingerprint density at radius 3 is 2.59 bits per heavy atom. The van der Waals surface area contributed by atoms with Crippen molar-refractivity contribution >= 4 is 5.71 Å². The molecule has 1 aliphatic heterocycles. The minimum atomic E-state index is -0.224. The predicted molar refractivity (Wildman–Crippen MR) is 103 cm³/mol. The Kier molecular flexibility index (Phi) is 4.83. The van der Waals surface area contributed by atoms with E-state index in [9.17, 15) is 4.39 Å². The first-order valence-electron chi connectivity index (χ1n) is 8.88. The van der Waals surface area contributed by atoms with E-state index in [0.717, 1.165) is 22.7 Å². The number of benzene rings is 2. The molecule has 0 radical (unpaired) electrons. The highest BCUT2D eigenvalue weighted by atomic mass is 19.1. The van der Waals surface area contributed by atoms with E-state index in [2.05, 4.69) is 4.98 Å². The topological polar surface area (TPSA) is 37.7 Å². The van der Waals surface area contributed by atoms with Crippen LogP contribution in [0.5, 0.6) is 5.75 Å². The first kappa shape index (κ1) is 17.2. The second-order valence-corrected chi connectivity index (χ2v) is 6.41. The molecule has 1 atom stereocenters. The second kappa shape index (κ2) is 7.58. The van der Waals surface area contributed by atoms with Crippen LogP contribution in [0.1, 0.15) is 29.3 Å². The smallest absolute Gasteiger partial charge is 0.128 e. The number of para-hydroxylation sites is 1. The molecule has 0 N–H and O–H groups in total. The number of pyridine rings is 1. The molecule has 0 bridgehead atoms. The molecule has 5 heteroatoms. The standard InChI is InChI=1S/C22H20FN3O/c1-27-22-12-5-3-9-17(22)21-14-20(19-11-6-7-13-24-19)25-26(21)15-16-8-2-4-10-18(16)23/h2-13,21H,14-15H2,1H3. The molecule has 27 heavy (non-hydrogen) atoms. The normalized spacial score (nSPS) is 16.3. The summed E-state index contributed by atoms with van der Waals surface area (Å²) in [5, 5.41) is 6.72. The fourth-order valence-corrected chi connectivity index (χ4v) is 3.40. The van der Waals surface area contributed by atoms with Crippen LogP contribution in [0, 0.1) is 5.82 Å². The van der Waals surface area contributed by atoms with E-state index in [1.807, 2.05) is 53.5 Å². The summed E-state index contributed by atoms with van der Waals surface area (Å²) in [6.07, 6.45) is 2.45. The van der Waals surface area contributed by atoms with Crippen LogP contribution in [-0.2, 0) is 6.54 Å². The van der Waals surface area contributed by atoms with Gasteiger partial charge in [0, 0.05) is 23.7 Å². The fraction of sp³-hybridized carbons (Fsp3) is 0.182. The van der Waals surface area contributed by atoms with Gasteiger partial charge in [0.05, 0.1) is 31.1 Å². The van der Waals surface area contributed by atoms with Crippen LogP contribution in [0.4, 0.5) is 4.39 Å². The average molecular weight is 361 g/mol. The predicted octanol–water partition coefficient (Wildman–Crippen LogP) is 4.58. The highest BCUT2D eigenvalue weighted by molar-refractivity contribution is 6.00. The van der Waals surface area contributed by atoms with Crippen LogP contribution in [0.15, 0.2) is 78.0 Å². The van der Waals surface area contributed by atoms with E-state index in [0.29, 0.717) is 18.5 Å². The van der Waals surface area contributed by atoms with Gasteiger partial charge in [-0.2, -0.15) is 5.10 Å². The summed E-state index contributed by atoms with van der Waals surface area (Å²) in [7, 11) is 1.66. The average Bonchev–Trinajstić information content (AvgIpc) is 3.14. The third kappa shape index (κ3) is 3.53. The Labute approximate surface area is 157 Å². The van der Waals surface area contributed by atoms with Gasteiger partial charge in [-0.15, -0.1) is 0 Å². The summed E-state index contributed by atoms with van der Waals surface area (Å²) in [6, 6.07) is 20.5. The molecule has 4 rings (SSSR count). The van der Waals surface area contributed by atoms with Crippen molar-refractivity contribution in [2.45, 2.75) is 19.0 Å². The van der Waals surface area contributed by atoms with E-state index >= 15 is 0 Å². The molecular weight excluding hydrogens is 341 g/mol. The van der Waals surface area contributed by atoms with Gasteiger partial charge in [0.25, 0.3) is 0 Å². The highest BCUT2D eigenvalue weighted by Gasteiger charge is 2.31. The first-order valence-corrected chi connectivity index (χ1v) is 8.88. The number of ether oxygens (including phenoxy) is 1. The van der Waals surface area contributed by atoms with Crippen molar-refractivity contribution < 1.29 is 9.13 Å². The number of methoxy groups -OCH3 is 1. The SMILES string of the molecule is COc1ccccc1C1CC(c2ccccn2)=NN1Cc1ccccc1F. The molecule has 0 fully saturated rings. The van der Waals surface area contributed by atoms with Crippen molar-refractivity contribution in [2.75, 3.05) is 7.11 Å². The quantitative estimate of drug-likeness (QED) is 0.667. The van der Waals surface area contributed by atoms with Crippen LogP contribution in [0.2, 0.25) is 0 Å². The minimum absolute atomic E-state index is 0.0437. The summed E-state index contributed by atoms with van der Waals surface area (Å²) in [5.41, 5.74) is 3.38. The monoisotopic (exact) mass is 361 g/mol. The molecule has 0 saturated heterocycles. The zero-order valence-corrected chi connectivity index (χ0v) is 15.0. The van der Waals surface area contributed by atoms with Crippen molar-refractivity contribution in [3.63, 3.8) is 0 Å². The van der Waals surface area contributed by atoms with E-state index in [1.54, 1.807) is 25.4 Å². The van der Waals surface area contributed by atoms with Gasteiger partial charge in [-0.3, -0.25) is 9.99 Å². The lowest BCUT2D eigenvalue weighted by Gasteiger charge is -2.25. The Bertz CT molecular complexity index is 959. The van der Waals surface area contributed by atoms with Crippen molar-refractivity contribution in [1.29, 1.82) is 0 Å². The molecule has 0 aliphatic carbocycles. The number of hydrazone groups is 1. The van der Waals surface area contributed by atoms with Gasteiger partial charge in [-0.05, 0) is 24.3 Å². The van der Waals surface area contributed by atoms with Gasteiger partial charge >= 0.3 is 0 Å². The highest BCUT2D eigenvalue weighted by Crippen LogP contribution is 2.38. The minimum Gasteiger partial charge on any atom is -0.496 e. The maximum Gasteiger partial charge on any atom is 0.128 e. The van der Waals surface area contributed by atoms with Gasteiger partial charge in [0.1, 0.15) is 11.6 Å². The molecule has 2 aromatic carbocycles. The number of hydrogen-bond donors (Lipinski definition) is 0. The lowest BCUT2D eigenvalue weighted by molar-refractivity contribution is 0.217. The summed E-state index contributed by atoms with van der Waals surface area (Å²) in [4.78, 5) is 4.43. The number of hydrogen-bond acceptors (Lipinski definition) is 4. The molecule has 1 aliphatic rings. The zero-order valence-electron chi connectivity index (χ0n) is 15.0. The maximum absolute atomic E-state index is 14.2. The Morgan fingerprint density at radius 2 is 1.81 bits per heavy atom. The fourth-order valence-electron chi connectivity index (χ4n) is 3.40. The molecular formula is C22H20FN3O. The van der Waals surface area contributed by atoms with Gasteiger partial charge < -0.3 is 4.74 Å². The third-order valence-corrected chi connectivity index (χ3v) is 4.74. The lowest BCUT2D eigenvalue weighted by atomic mass is 9.99. The molecule has 0 spiro atoms. The number of aromatic nitrogens is 1. The summed E-state index contributed by atoms with van der Waals surface area (Å²) in [6.45, 7) is 0.381. The second-order valence-electron chi connectivity index (χ2n) is 6.41.